The Labute approximate surface area is 213 Å². The summed E-state index contributed by atoms with van der Waals surface area (Å²) in [6.45, 7) is 5.70. The van der Waals surface area contributed by atoms with Crippen LogP contribution in [0.4, 0.5) is 13.2 Å². The molecular weight excluding hydrogens is 479 g/mol. The van der Waals surface area contributed by atoms with Crippen LogP contribution in [0.15, 0.2) is 54.7 Å². The number of ketones is 3. The maximum absolute atomic E-state index is 13.3. The van der Waals surface area contributed by atoms with E-state index >= 15 is 0 Å². The molecule has 7 heteroatoms. The molecule has 0 bridgehead atoms. The lowest BCUT2D eigenvalue weighted by atomic mass is 9.85. The molecule has 3 aromatic rings. The average molecular weight is 508 g/mol. The number of halogens is 3. The Bertz CT molecular complexity index is 1340. The van der Waals surface area contributed by atoms with E-state index in [0.717, 1.165) is 40.1 Å². The fraction of sp³-hybridized carbons (Fsp3) is 0.333. The summed E-state index contributed by atoms with van der Waals surface area (Å²) in [5, 5.41) is 0. The van der Waals surface area contributed by atoms with Crippen molar-refractivity contribution in [2.75, 3.05) is 0 Å². The van der Waals surface area contributed by atoms with Gasteiger partial charge in [-0.3, -0.25) is 19.4 Å². The van der Waals surface area contributed by atoms with Gasteiger partial charge in [-0.05, 0) is 79.3 Å². The summed E-state index contributed by atoms with van der Waals surface area (Å²) in [5.74, 6) is -2.30. The molecule has 192 valence electrons. The van der Waals surface area contributed by atoms with Crippen LogP contribution in [0.5, 0.6) is 0 Å². The Morgan fingerprint density at radius 1 is 1.00 bits per heavy atom. The molecule has 0 saturated heterocycles. The Morgan fingerprint density at radius 3 is 2.32 bits per heavy atom. The SMILES string of the molecule is Cc1ccc(-c2cc(C)c(C3C(=O)CC(CC(=O)CCc4cccc(C(F)(F)F)c4)C3=O)c(C)c2)nc1. The zero-order valence-electron chi connectivity index (χ0n) is 21.0. The molecule has 2 unspecified atom stereocenters. The summed E-state index contributed by atoms with van der Waals surface area (Å²) in [7, 11) is 0. The maximum Gasteiger partial charge on any atom is 0.416 e. The van der Waals surface area contributed by atoms with Crippen LogP contribution >= 0.6 is 0 Å². The van der Waals surface area contributed by atoms with Gasteiger partial charge in [-0.1, -0.05) is 24.3 Å². The molecule has 0 radical (unpaired) electrons. The van der Waals surface area contributed by atoms with Gasteiger partial charge in [0.25, 0.3) is 0 Å². The van der Waals surface area contributed by atoms with E-state index in [-0.39, 0.29) is 43.0 Å². The first-order valence-corrected chi connectivity index (χ1v) is 12.2. The van der Waals surface area contributed by atoms with Crippen LogP contribution in [0.25, 0.3) is 11.3 Å². The van der Waals surface area contributed by atoms with E-state index in [4.69, 9.17) is 0 Å². The van der Waals surface area contributed by atoms with Crippen LogP contribution in [0.2, 0.25) is 0 Å². The van der Waals surface area contributed by atoms with E-state index in [0.29, 0.717) is 11.1 Å². The van der Waals surface area contributed by atoms with Crippen LogP contribution in [-0.4, -0.2) is 22.3 Å². The molecule has 37 heavy (non-hydrogen) atoms. The number of Topliss-reactive ketones (excluding diaryl/α,β-unsaturated/α-hetero) is 3. The highest BCUT2D eigenvalue weighted by Crippen LogP contribution is 2.39. The highest BCUT2D eigenvalue weighted by Gasteiger charge is 2.43. The lowest BCUT2D eigenvalue weighted by molar-refractivity contribution is -0.137. The first kappa shape index (κ1) is 26.5. The van der Waals surface area contributed by atoms with E-state index in [9.17, 15) is 27.6 Å². The minimum absolute atomic E-state index is 0.00104. The highest BCUT2D eigenvalue weighted by molar-refractivity contribution is 6.15. The van der Waals surface area contributed by atoms with Crippen LogP contribution in [-0.2, 0) is 27.0 Å². The predicted octanol–water partition coefficient (Wildman–Crippen LogP) is 6.53. The lowest BCUT2D eigenvalue weighted by Gasteiger charge is -2.17. The summed E-state index contributed by atoms with van der Waals surface area (Å²) in [6, 6.07) is 12.6. The minimum Gasteiger partial charge on any atom is -0.300 e. The zero-order chi connectivity index (χ0) is 26.9. The van der Waals surface area contributed by atoms with E-state index in [1.807, 2.05) is 45.0 Å². The average Bonchev–Trinajstić information content (AvgIpc) is 3.10. The number of alkyl halides is 3. The van der Waals surface area contributed by atoms with Gasteiger partial charge in [-0.2, -0.15) is 13.2 Å². The number of carbonyl (C=O) groups excluding carboxylic acids is 3. The number of carbonyl (C=O) groups is 3. The van der Waals surface area contributed by atoms with Gasteiger partial charge >= 0.3 is 6.18 Å². The van der Waals surface area contributed by atoms with E-state index < -0.39 is 23.6 Å². The number of pyridine rings is 1. The maximum atomic E-state index is 13.3. The molecule has 1 aromatic heterocycles. The van der Waals surface area contributed by atoms with Crippen molar-refractivity contribution in [1.29, 1.82) is 0 Å². The number of aromatic nitrogens is 1. The fourth-order valence-corrected chi connectivity index (χ4v) is 5.11. The number of benzene rings is 2. The van der Waals surface area contributed by atoms with Crippen molar-refractivity contribution in [2.45, 2.75) is 58.5 Å². The number of rotatable bonds is 7. The highest BCUT2D eigenvalue weighted by atomic mass is 19.4. The summed E-state index contributed by atoms with van der Waals surface area (Å²) in [5.41, 5.74) is 4.73. The van der Waals surface area contributed by atoms with Crippen molar-refractivity contribution in [1.82, 2.24) is 4.98 Å². The standard InChI is InChI=1S/C30H28F3NO3/c1-17-7-10-25(34-16-17)21-11-18(2)27(19(3)12-21)28-26(36)15-22(29(28)37)14-24(35)9-8-20-5-4-6-23(13-20)30(31,32)33/h4-7,10-13,16,22,28H,8-9,14-15H2,1-3H3. The van der Waals surface area contributed by atoms with Gasteiger partial charge in [0.2, 0.25) is 0 Å². The van der Waals surface area contributed by atoms with E-state index in [1.165, 1.54) is 6.07 Å². The number of aryl methyl sites for hydroxylation is 4. The fourth-order valence-electron chi connectivity index (χ4n) is 5.11. The summed E-state index contributed by atoms with van der Waals surface area (Å²) in [4.78, 5) is 43.3. The lowest BCUT2D eigenvalue weighted by Crippen LogP contribution is -2.19. The van der Waals surface area contributed by atoms with E-state index in [1.54, 1.807) is 12.3 Å². The molecule has 0 aliphatic heterocycles. The van der Waals surface area contributed by atoms with Crippen molar-refractivity contribution >= 4 is 17.3 Å². The first-order valence-electron chi connectivity index (χ1n) is 12.2. The summed E-state index contributed by atoms with van der Waals surface area (Å²) >= 11 is 0. The predicted molar refractivity (Wildman–Crippen MR) is 134 cm³/mol. The Balaban J connectivity index is 1.45. The zero-order valence-corrected chi connectivity index (χ0v) is 21.0. The minimum atomic E-state index is -4.45. The van der Waals surface area contributed by atoms with Crippen molar-refractivity contribution in [3.8, 4) is 11.3 Å². The quantitative estimate of drug-likeness (QED) is 0.341. The molecular formula is C30H28F3NO3. The first-order chi connectivity index (χ1) is 17.4. The second kappa shape index (κ2) is 10.4. The topological polar surface area (TPSA) is 64.1 Å². The monoisotopic (exact) mass is 507 g/mol. The van der Waals surface area contributed by atoms with Gasteiger partial charge in [0.15, 0.2) is 5.78 Å². The molecule has 1 aliphatic carbocycles. The van der Waals surface area contributed by atoms with Crippen LogP contribution < -0.4 is 0 Å². The van der Waals surface area contributed by atoms with Crippen LogP contribution in [0.1, 0.15) is 58.6 Å². The smallest absolute Gasteiger partial charge is 0.300 e. The second-order valence-corrected chi connectivity index (χ2v) is 9.89. The van der Waals surface area contributed by atoms with Crippen molar-refractivity contribution in [3.05, 3.63) is 88.1 Å². The molecule has 1 fully saturated rings. The van der Waals surface area contributed by atoms with Gasteiger partial charge in [0.1, 0.15) is 17.5 Å². The number of hydrogen-bond donors (Lipinski definition) is 0. The second-order valence-electron chi connectivity index (χ2n) is 9.89. The summed E-state index contributed by atoms with van der Waals surface area (Å²) in [6.07, 6.45) is -2.58. The Morgan fingerprint density at radius 2 is 1.70 bits per heavy atom. The Kier molecular flexibility index (Phi) is 7.44. The van der Waals surface area contributed by atoms with Crippen molar-refractivity contribution in [3.63, 3.8) is 0 Å². The number of nitrogens with zero attached hydrogens (tertiary/aromatic N) is 1. The molecule has 0 N–H and O–H groups in total. The third-order valence-electron chi connectivity index (χ3n) is 6.97. The van der Waals surface area contributed by atoms with Gasteiger partial charge in [0.05, 0.1) is 11.3 Å². The normalized spacial score (nSPS) is 17.9. The van der Waals surface area contributed by atoms with Gasteiger partial charge in [-0.15, -0.1) is 0 Å². The van der Waals surface area contributed by atoms with Crippen molar-refractivity contribution < 1.29 is 27.6 Å². The molecule has 2 aromatic carbocycles. The van der Waals surface area contributed by atoms with Crippen molar-refractivity contribution in [2.24, 2.45) is 5.92 Å². The molecule has 1 heterocycles. The van der Waals surface area contributed by atoms with Gasteiger partial charge in [0, 0.05) is 36.9 Å². The third kappa shape index (κ3) is 5.87. The largest absolute Gasteiger partial charge is 0.416 e. The molecule has 1 saturated carbocycles. The molecule has 1 aliphatic rings. The van der Waals surface area contributed by atoms with Gasteiger partial charge in [-0.25, -0.2) is 0 Å². The molecule has 4 rings (SSSR count). The molecule has 0 spiro atoms. The van der Waals surface area contributed by atoms with Crippen LogP contribution in [0, 0.1) is 26.7 Å². The number of hydrogen-bond acceptors (Lipinski definition) is 4. The third-order valence-corrected chi connectivity index (χ3v) is 6.97. The van der Waals surface area contributed by atoms with Crippen LogP contribution in [0.3, 0.4) is 0 Å². The molecule has 0 amide bonds. The summed E-state index contributed by atoms with van der Waals surface area (Å²) < 4.78 is 38.8. The Hall–Kier alpha value is -3.61. The van der Waals surface area contributed by atoms with E-state index in [2.05, 4.69) is 4.98 Å². The van der Waals surface area contributed by atoms with Gasteiger partial charge < -0.3 is 0 Å². The molecule has 4 nitrogen and oxygen atoms in total. The molecule has 2 atom stereocenters.